The molecule has 0 unspecified atom stereocenters. The minimum atomic E-state index is -0.404. The lowest BCUT2D eigenvalue weighted by Crippen LogP contribution is -2.50. The van der Waals surface area contributed by atoms with Gasteiger partial charge in [0.2, 0.25) is 5.91 Å². The van der Waals surface area contributed by atoms with Crippen molar-refractivity contribution in [3.8, 4) is 0 Å². The fourth-order valence-electron chi connectivity index (χ4n) is 2.97. The molecule has 2 aromatic carbocycles. The second-order valence-corrected chi connectivity index (χ2v) is 6.91. The molecule has 2 amide bonds. The van der Waals surface area contributed by atoms with Crippen molar-refractivity contribution in [3.05, 3.63) is 70.5 Å². The van der Waals surface area contributed by atoms with Crippen LogP contribution in [-0.2, 0) is 11.3 Å². The quantitative estimate of drug-likeness (QED) is 0.855. The maximum atomic E-state index is 12.9. The van der Waals surface area contributed by atoms with Crippen LogP contribution in [0, 0.1) is 5.82 Å². The zero-order chi connectivity index (χ0) is 19.2. The van der Waals surface area contributed by atoms with Gasteiger partial charge >= 0.3 is 0 Å². The smallest absolute Gasteiger partial charge is 0.251 e. The molecule has 0 saturated carbocycles. The standard InChI is InChI=1S/C20H21ClFN3O2/c21-17-5-1-15(2-6-17)14-24-9-11-25(12-10-24)19(26)13-23-20(27)16-3-7-18(22)8-4-16/h1-8H,9-14H2,(H,23,27). The maximum absolute atomic E-state index is 12.9. The molecule has 1 heterocycles. The molecular weight excluding hydrogens is 369 g/mol. The van der Waals surface area contributed by atoms with Gasteiger partial charge in [0.05, 0.1) is 6.54 Å². The molecule has 0 spiro atoms. The maximum Gasteiger partial charge on any atom is 0.251 e. The predicted molar refractivity (Wildman–Crippen MR) is 102 cm³/mol. The molecule has 2 aromatic rings. The predicted octanol–water partition coefficient (Wildman–Crippen LogP) is 2.55. The number of carbonyl (C=O) groups is 2. The molecule has 1 aliphatic rings. The highest BCUT2D eigenvalue weighted by Gasteiger charge is 2.21. The molecular formula is C20H21ClFN3O2. The summed E-state index contributed by atoms with van der Waals surface area (Å²) in [5.41, 5.74) is 1.52. The van der Waals surface area contributed by atoms with E-state index in [9.17, 15) is 14.0 Å². The number of carbonyl (C=O) groups excluding carboxylic acids is 2. The summed E-state index contributed by atoms with van der Waals surface area (Å²) >= 11 is 5.90. The van der Waals surface area contributed by atoms with E-state index in [1.165, 1.54) is 29.8 Å². The van der Waals surface area contributed by atoms with Crippen LogP contribution in [0.25, 0.3) is 0 Å². The van der Waals surface area contributed by atoms with Crippen molar-refractivity contribution in [2.75, 3.05) is 32.7 Å². The minimum absolute atomic E-state index is 0.0621. The molecule has 1 saturated heterocycles. The number of halogens is 2. The van der Waals surface area contributed by atoms with Crippen LogP contribution in [-0.4, -0.2) is 54.3 Å². The second kappa shape index (κ2) is 8.97. The first-order valence-corrected chi connectivity index (χ1v) is 9.17. The van der Waals surface area contributed by atoms with E-state index in [1.54, 1.807) is 4.90 Å². The van der Waals surface area contributed by atoms with Crippen molar-refractivity contribution in [1.29, 1.82) is 0 Å². The zero-order valence-electron chi connectivity index (χ0n) is 14.8. The van der Waals surface area contributed by atoms with E-state index in [0.29, 0.717) is 18.7 Å². The summed E-state index contributed by atoms with van der Waals surface area (Å²) in [6.45, 7) is 3.56. The molecule has 7 heteroatoms. The average molecular weight is 390 g/mol. The van der Waals surface area contributed by atoms with Crippen LogP contribution in [0.1, 0.15) is 15.9 Å². The van der Waals surface area contributed by atoms with E-state index in [0.717, 1.165) is 24.7 Å². The van der Waals surface area contributed by atoms with E-state index in [1.807, 2.05) is 24.3 Å². The monoisotopic (exact) mass is 389 g/mol. The number of hydrogen-bond donors (Lipinski definition) is 1. The third kappa shape index (κ3) is 5.52. The highest BCUT2D eigenvalue weighted by Crippen LogP contribution is 2.13. The zero-order valence-corrected chi connectivity index (χ0v) is 15.6. The number of piperazine rings is 1. The average Bonchev–Trinajstić information content (AvgIpc) is 2.69. The molecule has 0 aromatic heterocycles. The molecule has 5 nitrogen and oxygen atoms in total. The molecule has 1 fully saturated rings. The molecule has 3 rings (SSSR count). The Balaban J connectivity index is 1.42. The Kier molecular flexibility index (Phi) is 6.42. The largest absolute Gasteiger partial charge is 0.343 e. The highest BCUT2D eigenvalue weighted by molar-refractivity contribution is 6.30. The normalized spacial score (nSPS) is 14.8. The molecule has 27 heavy (non-hydrogen) atoms. The van der Waals surface area contributed by atoms with Crippen LogP contribution < -0.4 is 5.32 Å². The molecule has 0 radical (unpaired) electrons. The summed E-state index contributed by atoms with van der Waals surface area (Å²) in [5, 5.41) is 3.31. The number of nitrogens with one attached hydrogen (secondary N) is 1. The van der Waals surface area contributed by atoms with Crippen molar-refractivity contribution in [1.82, 2.24) is 15.1 Å². The van der Waals surface area contributed by atoms with Gasteiger partial charge in [-0.1, -0.05) is 23.7 Å². The molecule has 0 atom stereocenters. The lowest BCUT2D eigenvalue weighted by atomic mass is 10.2. The Morgan fingerprint density at radius 1 is 0.963 bits per heavy atom. The third-order valence-electron chi connectivity index (χ3n) is 4.55. The first kappa shape index (κ1) is 19.3. The Morgan fingerprint density at radius 3 is 2.22 bits per heavy atom. The molecule has 1 aliphatic heterocycles. The van der Waals surface area contributed by atoms with Crippen molar-refractivity contribution in [2.45, 2.75) is 6.54 Å². The lowest BCUT2D eigenvalue weighted by molar-refractivity contribution is -0.131. The number of benzene rings is 2. The summed E-state index contributed by atoms with van der Waals surface area (Å²) in [6.07, 6.45) is 0. The third-order valence-corrected chi connectivity index (χ3v) is 4.80. The van der Waals surface area contributed by atoms with Gasteiger partial charge in [-0.15, -0.1) is 0 Å². The number of rotatable bonds is 5. The summed E-state index contributed by atoms with van der Waals surface area (Å²) in [7, 11) is 0. The Bertz CT molecular complexity index is 788. The van der Waals surface area contributed by atoms with Crippen molar-refractivity contribution >= 4 is 23.4 Å². The van der Waals surface area contributed by atoms with Gasteiger partial charge in [-0.05, 0) is 42.0 Å². The van der Waals surface area contributed by atoms with Gasteiger partial charge in [0.25, 0.3) is 5.91 Å². The second-order valence-electron chi connectivity index (χ2n) is 6.47. The summed E-state index contributed by atoms with van der Waals surface area (Å²) in [4.78, 5) is 28.3. The number of nitrogens with zero attached hydrogens (tertiary/aromatic N) is 2. The Hall–Kier alpha value is -2.44. The van der Waals surface area contributed by atoms with E-state index in [4.69, 9.17) is 11.6 Å². The molecule has 142 valence electrons. The van der Waals surface area contributed by atoms with Crippen molar-refractivity contribution in [3.63, 3.8) is 0 Å². The van der Waals surface area contributed by atoms with Crippen molar-refractivity contribution in [2.24, 2.45) is 0 Å². The van der Waals surface area contributed by atoms with E-state index in [-0.39, 0.29) is 18.4 Å². The van der Waals surface area contributed by atoms with Gasteiger partial charge in [-0.2, -0.15) is 0 Å². The van der Waals surface area contributed by atoms with Gasteiger partial charge in [-0.3, -0.25) is 14.5 Å². The van der Waals surface area contributed by atoms with Crippen LogP contribution in [0.4, 0.5) is 4.39 Å². The van der Waals surface area contributed by atoms with Gasteiger partial charge in [0, 0.05) is 43.3 Å². The summed E-state index contributed by atoms with van der Waals surface area (Å²) in [5.74, 6) is -0.902. The minimum Gasteiger partial charge on any atom is -0.343 e. The van der Waals surface area contributed by atoms with Crippen LogP contribution >= 0.6 is 11.6 Å². The van der Waals surface area contributed by atoms with Gasteiger partial charge < -0.3 is 10.2 Å². The fraction of sp³-hybridized carbons (Fsp3) is 0.300. The molecule has 1 N–H and O–H groups in total. The van der Waals surface area contributed by atoms with Crippen molar-refractivity contribution < 1.29 is 14.0 Å². The molecule has 0 aliphatic carbocycles. The van der Waals surface area contributed by atoms with Gasteiger partial charge in [0.1, 0.15) is 5.82 Å². The fourth-order valence-corrected chi connectivity index (χ4v) is 3.10. The van der Waals surface area contributed by atoms with Crippen LogP contribution in [0.15, 0.2) is 48.5 Å². The van der Waals surface area contributed by atoms with Gasteiger partial charge in [-0.25, -0.2) is 4.39 Å². The lowest BCUT2D eigenvalue weighted by Gasteiger charge is -2.34. The van der Waals surface area contributed by atoms with E-state index < -0.39 is 5.82 Å². The van der Waals surface area contributed by atoms with E-state index >= 15 is 0 Å². The number of hydrogen-bond acceptors (Lipinski definition) is 3. The topological polar surface area (TPSA) is 52.7 Å². The van der Waals surface area contributed by atoms with E-state index in [2.05, 4.69) is 10.2 Å². The first-order valence-electron chi connectivity index (χ1n) is 8.79. The summed E-state index contributed by atoms with van der Waals surface area (Å²) < 4.78 is 12.9. The summed E-state index contributed by atoms with van der Waals surface area (Å²) in [6, 6.07) is 13.0. The highest BCUT2D eigenvalue weighted by atomic mass is 35.5. The Labute approximate surface area is 162 Å². The SMILES string of the molecule is O=C(NCC(=O)N1CCN(Cc2ccc(Cl)cc2)CC1)c1ccc(F)cc1. The van der Waals surface area contributed by atoms with Crippen LogP contribution in [0.5, 0.6) is 0 Å². The van der Waals surface area contributed by atoms with Gasteiger partial charge in [0.15, 0.2) is 0 Å². The van der Waals surface area contributed by atoms with Crippen LogP contribution in [0.2, 0.25) is 5.02 Å². The van der Waals surface area contributed by atoms with Crippen LogP contribution in [0.3, 0.4) is 0 Å². The Morgan fingerprint density at radius 2 is 1.59 bits per heavy atom. The molecule has 0 bridgehead atoms. The number of amides is 2. The first-order chi connectivity index (χ1) is 13.0.